The van der Waals surface area contributed by atoms with E-state index in [1.165, 1.54) is 13.2 Å². The molecule has 0 aromatic heterocycles. The Morgan fingerprint density at radius 1 is 0.950 bits per heavy atom. The third-order valence-corrected chi connectivity index (χ3v) is 4.06. The van der Waals surface area contributed by atoms with Crippen molar-refractivity contribution in [2.45, 2.75) is 4.90 Å². The number of sulfone groups is 1. The van der Waals surface area contributed by atoms with Gasteiger partial charge in [0.1, 0.15) is 0 Å². The zero-order valence-electron chi connectivity index (χ0n) is 11.2. The number of benzene rings is 2. The Morgan fingerprint density at radius 2 is 1.50 bits per heavy atom. The lowest BCUT2D eigenvalue weighted by molar-refractivity contribution is 0.0601. The minimum absolute atomic E-state index is 0.191. The van der Waals surface area contributed by atoms with Crippen molar-refractivity contribution in [3.05, 3.63) is 54.1 Å². The van der Waals surface area contributed by atoms with E-state index in [-0.39, 0.29) is 4.90 Å². The van der Waals surface area contributed by atoms with E-state index in [1.54, 1.807) is 42.5 Å². The molecule has 0 spiro atoms. The van der Waals surface area contributed by atoms with E-state index in [0.717, 1.165) is 6.26 Å². The molecule has 0 amide bonds. The van der Waals surface area contributed by atoms with Gasteiger partial charge >= 0.3 is 5.97 Å². The van der Waals surface area contributed by atoms with Crippen molar-refractivity contribution in [3.8, 4) is 11.1 Å². The maximum Gasteiger partial charge on any atom is 0.338 e. The number of carbonyl (C=O) groups is 1. The quantitative estimate of drug-likeness (QED) is 0.815. The first-order valence-electron chi connectivity index (χ1n) is 5.92. The van der Waals surface area contributed by atoms with E-state index in [0.29, 0.717) is 16.7 Å². The van der Waals surface area contributed by atoms with Crippen molar-refractivity contribution in [3.63, 3.8) is 0 Å². The van der Waals surface area contributed by atoms with Gasteiger partial charge in [-0.3, -0.25) is 0 Å². The fourth-order valence-corrected chi connectivity index (χ4v) is 2.92. The zero-order valence-corrected chi connectivity index (χ0v) is 12.0. The number of rotatable bonds is 3. The fourth-order valence-electron chi connectivity index (χ4n) is 2.02. The summed E-state index contributed by atoms with van der Waals surface area (Å²) in [5.41, 5.74) is 1.38. The van der Waals surface area contributed by atoms with Gasteiger partial charge in [0.15, 0.2) is 9.84 Å². The van der Waals surface area contributed by atoms with Crippen molar-refractivity contribution in [1.29, 1.82) is 0 Å². The van der Waals surface area contributed by atoms with E-state index in [4.69, 9.17) is 4.74 Å². The molecule has 4 nitrogen and oxygen atoms in total. The van der Waals surface area contributed by atoms with Crippen LogP contribution in [0, 0.1) is 0 Å². The molecule has 0 saturated carbocycles. The lowest BCUT2D eigenvalue weighted by atomic mass is 10.00. The van der Waals surface area contributed by atoms with Crippen LogP contribution in [0.1, 0.15) is 10.4 Å². The van der Waals surface area contributed by atoms with Gasteiger partial charge in [-0.05, 0) is 17.7 Å². The van der Waals surface area contributed by atoms with Gasteiger partial charge in [0.25, 0.3) is 0 Å². The van der Waals surface area contributed by atoms with Crippen molar-refractivity contribution in [2.24, 2.45) is 0 Å². The molecule has 2 aromatic rings. The second kappa shape index (κ2) is 5.46. The summed E-state index contributed by atoms with van der Waals surface area (Å²) in [5.74, 6) is -0.496. The molecular weight excluding hydrogens is 276 g/mol. The molecule has 0 atom stereocenters. The van der Waals surface area contributed by atoms with Gasteiger partial charge in [-0.2, -0.15) is 0 Å². The Balaban J connectivity index is 2.74. The van der Waals surface area contributed by atoms with Gasteiger partial charge in [-0.1, -0.05) is 36.4 Å². The lowest BCUT2D eigenvalue weighted by Crippen LogP contribution is -2.06. The van der Waals surface area contributed by atoms with Crippen molar-refractivity contribution >= 4 is 15.8 Å². The molecule has 0 aliphatic rings. The highest BCUT2D eigenvalue weighted by Gasteiger charge is 2.18. The van der Waals surface area contributed by atoms with Crippen LogP contribution in [0.4, 0.5) is 0 Å². The normalized spacial score (nSPS) is 11.1. The Kier molecular flexibility index (Phi) is 3.90. The summed E-state index contributed by atoms with van der Waals surface area (Å²) in [7, 11) is -2.09. The van der Waals surface area contributed by atoms with Crippen LogP contribution in [-0.2, 0) is 14.6 Å². The maximum atomic E-state index is 11.9. The summed E-state index contributed by atoms with van der Waals surface area (Å²) < 4.78 is 28.5. The third kappa shape index (κ3) is 2.72. The summed E-state index contributed by atoms with van der Waals surface area (Å²) in [6, 6.07) is 13.4. The van der Waals surface area contributed by atoms with Crippen LogP contribution in [0.25, 0.3) is 11.1 Å². The molecule has 0 fully saturated rings. The molecule has 0 unspecified atom stereocenters. The van der Waals surface area contributed by atoms with Gasteiger partial charge < -0.3 is 4.74 Å². The number of hydrogen-bond donors (Lipinski definition) is 0. The lowest BCUT2D eigenvalue weighted by Gasteiger charge is -2.11. The summed E-state index contributed by atoms with van der Waals surface area (Å²) in [6.07, 6.45) is 1.15. The van der Waals surface area contributed by atoms with Crippen LogP contribution >= 0.6 is 0 Å². The molecule has 5 heteroatoms. The molecule has 0 heterocycles. The smallest absolute Gasteiger partial charge is 0.338 e. The van der Waals surface area contributed by atoms with Crippen LogP contribution in [0.2, 0.25) is 0 Å². The summed E-state index contributed by atoms with van der Waals surface area (Å²) in [5, 5.41) is 0. The van der Waals surface area contributed by atoms with Crippen molar-refractivity contribution < 1.29 is 17.9 Å². The minimum atomic E-state index is -3.38. The number of carbonyl (C=O) groups excluding carboxylic acids is 1. The minimum Gasteiger partial charge on any atom is -0.465 e. The largest absolute Gasteiger partial charge is 0.465 e. The van der Waals surface area contributed by atoms with Crippen LogP contribution < -0.4 is 0 Å². The van der Waals surface area contributed by atoms with Crippen LogP contribution in [-0.4, -0.2) is 27.8 Å². The van der Waals surface area contributed by atoms with E-state index in [9.17, 15) is 13.2 Å². The van der Waals surface area contributed by atoms with E-state index < -0.39 is 15.8 Å². The molecule has 20 heavy (non-hydrogen) atoms. The van der Waals surface area contributed by atoms with Gasteiger partial charge in [0, 0.05) is 11.8 Å². The first-order chi connectivity index (χ1) is 9.45. The van der Waals surface area contributed by atoms with Gasteiger partial charge in [0.2, 0.25) is 0 Å². The zero-order chi connectivity index (χ0) is 14.8. The van der Waals surface area contributed by atoms with Gasteiger partial charge in [-0.25, -0.2) is 13.2 Å². The molecule has 0 radical (unpaired) electrons. The molecule has 0 aliphatic carbocycles. The highest BCUT2D eigenvalue weighted by molar-refractivity contribution is 7.90. The average molecular weight is 290 g/mol. The predicted octanol–water partition coefficient (Wildman–Crippen LogP) is 2.54. The molecule has 104 valence electrons. The topological polar surface area (TPSA) is 60.4 Å². The predicted molar refractivity (Wildman–Crippen MR) is 76.3 cm³/mol. The Labute approximate surface area is 117 Å². The van der Waals surface area contributed by atoms with Crippen LogP contribution in [0.3, 0.4) is 0 Å². The number of hydrogen-bond acceptors (Lipinski definition) is 4. The molecule has 0 aliphatic heterocycles. The number of ether oxygens (including phenoxy) is 1. The summed E-state index contributed by atoms with van der Waals surface area (Å²) >= 11 is 0. The molecule has 0 saturated heterocycles. The van der Waals surface area contributed by atoms with E-state index in [2.05, 4.69) is 0 Å². The third-order valence-electron chi connectivity index (χ3n) is 2.91. The molecule has 2 rings (SSSR count). The highest BCUT2D eigenvalue weighted by atomic mass is 32.2. The summed E-state index contributed by atoms with van der Waals surface area (Å²) in [6.45, 7) is 0. The SMILES string of the molecule is COC(=O)c1ccccc1-c1ccccc1S(C)(=O)=O. The second-order valence-corrected chi connectivity index (χ2v) is 6.29. The number of esters is 1. The second-order valence-electron chi connectivity index (χ2n) is 4.31. The fraction of sp³-hybridized carbons (Fsp3) is 0.133. The highest BCUT2D eigenvalue weighted by Crippen LogP contribution is 2.30. The van der Waals surface area contributed by atoms with Gasteiger partial charge in [-0.15, -0.1) is 0 Å². The Hall–Kier alpha value is -2.14. The monoisotopic (exact) mass is 290 g/mol. The van der Waals surface area contributed by atoms with Crippen LogP contribution in [0.5, 0.6) is 0 Å². The standard InChI is InChI=1S/C15H14O4S/c1-19-15(16)13-9-4-3-7-11(13)12-8-5-6-10-14(12)20(2,17)18/h3-10H,1-2H3. The van der Waals surface area contributed by atoms with E-state index >= 15 is 0 Å². The first kappa shape index (κ1) is 14.3. The molecular formula is C15H14O4S. The Bertz CT molecular complexity index is 748. The number of methoxy groups -OCH3 is 1. The molecule has 0 N–H and O–H groups in total. The maximum absolute atomic E-state index is 11.9. The molecule has 2 aromatic carbocycles. The van der Waals surface area contributed by atoms with E-state index in [1.807, 2.05) is 0 Å². The van der Waals surface area contributed by atoms with Gasteiger partial charge in [0.05, 0.1) is 17.6 Å². The summed E-state index contributed by atoms with van der Waals surface area (Å²) in [4.78, 5) is 12.0. The van der Waals surface area contributed by atoms with Crippen molar-refractivity contribution in [2.75, 3.05) is 13.4 Å². The Morgan fingerprint density at radius 3 is 2.10 bits per heavy atom. The first-order valence-corrected chi connectivity index (χ1v) is 7.81. The van der Waals surface area contributed by atoms with Crippen LogP contribution in [0.15, 0.2) is 53.4 Å². The van der Waals surface area contributed by atoms with Crippen molar-refractivity contribution in [1.82, 2.24) is 0 Å². The average Bonchev–Trinajstić information content (AvgIpc) is 2.45. The molecule has 0 bridgehead atoms.